The molecule has 1 aliphatic rings. The first kappa shape index (κ1) is 17.0. The number of piperazine rings is 1. The number of benzene rings is 1. The van der Waals surface area contributed by atoms with Crippen molar-refractivity contribution in [2.24, 2.45) is 0 Å². The predicted octanol–water partition coefficient (Wildman–Crippen LogP) is 2.04. The van der Waals surface area contributed by atoms with E-state index in [0.29, 0.717) is 11.5 Å². The Hall–Kier alpha value is -1.04. The van der Waals surface area contributed by atoms with Gasteiger partial charge in [-0.1, -0.05) is 6.07 Å². The van der Waals surface area contributed by atoms with Gasteiger partial charge in [-0.3, -0.25) is 4.90 Å². The molecule has 0 saturated carbocycles. The van der Waals surface area contributed by atoms with Gasteiger partial charge in [-0.25, -0.2) is 4.39 Å². The first-order valence-corrected chi connectivity index (χ1v) is 6.52. The molecular formula is C14H22ClFN2O2. The van der Waals surface area contributed by atoms with Gasteiger partial charge < -0.3 is 14.8 Å². The molecule has 1 atom stereocenters. The summed E-state index contributed by atoms with van der Waals surface area (Å²) in [5.74, 6) is 1.32. The Kier molecular flexibility index (Phi) is 7.05. The zero-order chi connectivity index (χ0) is 13.7. The summed E-state index contributed by atoms with van der Waals surface area (Å²) in [4.78, 5) is 2.16. The first-order valence-electron chi connectivity index (χ1n) is 6.52. The lowest BCUT2D eigenvalue weighted by atomic mass is 10.0. The second kappa shape index (κ2) is 8.29. The van der Waals surface area contributed by atoms with Crippen molar-refractivity contribution in [2.45, 2.75) is 6.04 Å². The lowest BCUT2D eigenvalue weighted by molar-refractivity contribution is 0.147. The molecule has 1 N–H and O–H groups in total. The van der Waals surface area contributed by atoms with E-state index in [2.05, 4.69) is 10.2 Å². The SMILES string of the molecule is COc1ccc([C@H](CF)N2CCNCC2)cc1OC.Cl. The van der Waals surface area contributed by atoms with E-state index in [-0.39, 0.29) is 18.4 Å². The van der Waals surface area contributed by atoms with E-state index in [4.69, 9.17) is 9.47 Å². The quantitative estimate of drug-likeness (QED) is 0.903. The molecule has 0 amide bonds. The Bertz CT molecular complexity index is 414. The molecule has 0 aliphatic carbocycles. The third-order valence-corrected chi connectivity index (χ3v) is 3.53. The van der Waals surface area contributed by atoms with E-state index in [9.17, 15) is 4.39 Å². The molecule has 0 radical (unpaired) electrons. The van der Waals surface area contributed by atoms with E-state index < -0.39 is 6.67 Å². The number of rotatable bonds is 5. The summed E-state index contributed by atoms with van der Waals surface area (Å²) in [7, 11) is 3.19. The number of nitrogens with one attached hydrogen (secondary N) is 1. The molecule has 1 fully saturated rings. The molecule has 1 aromatic carbocycles. The van der Waals surface area contributed by atoms with Crippen molar-refractivity contribution in [1.82, 2.24) is 10.2 Å². The van der Waals surface area contributed by atoms with Gasteiger partial charge in [0.2, 0.25) is 0 Å². The number of methoxy groups -OCH3 is 2. The Morgan fingerprint density at radius 1 is 1.20 bits per heavy atom. The van der Waals surface area contributed by atoms with E-state index in [1.54, 1.807) is 14.2 Å². The van der Waals surface area contributed by atoms with Crippen LogP contribution in [0, 0.1) is 0 Å². The van der Waals surface area contributed by atoms with Gasteiger partial charge in [-0.2, -0.15) is 0 Å². The molecule has 6 heteroatoms. The summed E-state index contributed by atoms with van der Waals surface area (Å²) in [5.41, 5.74) is 0.932. The fourth-order valence-corrected chi connectivity index (χ4v) is 2.45. The van der Waals surface area contributed by atoms with E-state index in [0.717, 1.165) is 31.7 Å². The van der Waals surface area contributed by atoms with Crippen molar-refractivity contribution in [3.8, 4) is 11.5 Å². The van der Waals surface area contributed by atoms with Crippen LogP contribution in [0.5, 0.6) is 11.5 Å². The zero-order valence-corrected chi connectivity index (χ0v) is 12.7. The normalized spacial score (nSPS) is 17.1. The molecule has 4 nitrogen and oxygen atoms in total. The van der Waals surface area contributed by atoms with E-state index in [1.165, 1.54) is 0 Å². The third-order valence-electron chi connectivity index (χ3n) is 3.53. The maximum absolute atomic E-state index is 13.4. The number of ether oxygens (including phenoxy) is 2. The molecule has 1 heterocycles. The predicted molar refractivity (Wildman–Crippen MR) is 80.0 cm³/mol. The molecule has 20 heavy (non-hydrogen) atoms. The van der Waals surface area contributed by atoms with Crippen LogP contribution < -0.4 is 14.8 Å². The van der Waals surface area contributed by atoms with Gasteiger partial charge in [0.25, 0.3) is 0 Å². The second-order valence-electron chi connectivity index (χ2n) is 4.57. The van der Waals surface area contributed by atoms with Gasteiger partial charge in [0, 0.05) is 26.2 Å². The lowest BCUT2D eigenvalue weighted by Gasteiger charge is -2.33. The molecule has 0 bridgehead atoms. The smallest absolute Gasteiger partial charge is 0.161 e. The van der Waals surface area contributed by atoms with Gasteiger partial charge >= 0.3 is 0 Å². The highest BCUT2D eigenvalue weighted by molar-refractivity contribution is 5.85. The van der Waals surface area contributed by atoms with Crippen LogP contribution in [-0.4, -0.2) is 52.0 Å². The molecular weight excluding hydrogens is 283 g/mol. The Balaban J connectivity index is 0.00000200. The van der Waals surface area contributed by atoms with Crippen LogP contribution >= 0.6 is 12.4 Å². The maximum Gasteiger partial charge on any atom is 0.161 e. The molecule has 0 spiro atoms. The van der Waals surface area contributed by atoms with Crippen LogP contribution in [0.1, 0.15) is 11.6 Å². The Labute approximate surface area is 125 Å². The maximum atomic E-state index is 13.4. The van der Waals surface area contributed by atoms with Crippen LogP contribution in [0.25, 0.3) is 0 Å². The van der Waals surface area contributed by atoms with Crippen molar-refractivity contribution in [3.63, 3.8) is 0 Å². The van der Waals surface area contributed by atoms with Gasteiger partial charge in [0.05, 0.1) is 20.3 Å². The average Bonchev–Trinajstić information content (AvgIpc) is 2.49. The Morgan fingerprint density at radius 3 is 2.40 bits per heavy atom. The van der Waals surface area contributed by atoms with E-state index in [1.807, 2.05) is 18.2 Å². The van der Waals surface area contributed by atoms with Crippen LogP contribution in [0.2, 0.25) is 0 Å². The highest BCUT2D eigenvalue weighted by Crippen LogP contribution is 2.32. The van der Waals surface area contributed by atoms with Crippen molar-refractivity contribution in [3.05, 3.63) is 23.8 Å². The van der Waals surface area contributed by atoms with Crippen LogP contribution in [-0.2, 0) is 0 Å². The minimum Gasteiger partial charge on any atom is -0.493 e. The summed E-state index contributed by atoms with van der Waals surface area (Å²) in [6.07, 6.45) is 0. The summed E-state index contributed by atoms with van der Waals surface area (Å²) in [6.45, 7) is 3.15. The molecule has 1 aliphatic heterocycles. The lowest BCUT2D eigenvalue weighted by Crippen LogP contribution is -2.45. The second-order valence-corrected chi connectivity index (χ2v) is 4.57. The van der Waals surface area contributed by atoms with Crippen molar-refractivity contribution < 1.29 is 13.9 Å². The van der Waals surface area contributed by atoms with Crippen LogP contribution in [0.15, 0.2) is 18.2 Å². The Morgan fingerprint density at radius 2 is 1.85 bits per heavy atom. The molecule has 0 aromatic heterocycles. The van der Waals surface area contributed by atoms with Crippen molar-refractivity contribution in [2.75, 3.05) is 47.1 Å². The fourth-order valence-electron chi connectivity index (χ4n) is 2.45. The van der Waals surface area contributed by atoms with Gasteiger partial charge in [0.1, 0.15) is 6.67 Å². The average molecular weight is 305 g/mol. The molecule has 114 valence electrons. The summed E-state index contributed by atoms with van der Waals surface area (Å²) < 4.78 is 23.9. The summed E-state index contributed by atoms with van der Waals surface area (Å²) >= 11 is 0. The van der Waals surface area contributed by atoms with Crippen molar-refractivity contribution in [1.29, 1.82) is 0 Å². The first-order chi connectivity index (χ1) is 9.30. The number of alkyl halides is 1. The summed E-state index contributed by atoms with van der Waals surface area (Å²) in [5, 5.41) is 3.28. The highest BCUT2D eigenvalue weighted by atomic mass is 35.5. The zero-order valence-electron chi connectivity index (χ0n) is 11.9. The van der Waals surface area contributed by atoms with Crippen molar-refractivity contribution >= 4 is 12.4 Å². The molecule has 1 aromatic rings. The van der Waals surface area contributed by atoms with Gasteiger partial charge in [0.15, 0.2) is 11.5 Å². The monoisotopic (exact) mass is 304 g/mol. The fraction of sp³-hybridized carbons (Fsp3) is 0.571. The van der Waals surface area contributed by atoms with E-state index >= 15 is 0 Å². The van der Waals surface area contributed by atoms with Gasteiger partial charge in [-0.05, 0) is 17.7 Å². The van der Waals surface area contributed by atoms with Gasteiger partial charge in [-0.15, -0.1) is 12.4 Å². The molecule has 1 saturated heterocycles. The number of halogens is 2. The third kappa shape index (κ3) is 3.75. The van der Waals surface area contributed by atoms with Crippen LogP contribution in [0.4, 0.5) is 4.39 Å². The molecule has 2 rings (SSSR count). The summed E-state index contributed by atoms with van der Waals surface area (Å²) in [6, 6.07) is 5.40. The largest absolute Gasteiger partial charge is 0.493 e. The standard InChI is InChI=1S/C14H21FN2O2.ClH/c1-18-13-4-3-11(9-14(13)19-2)12(10-15)17-7-5-16-6-8-17;/h3-4,9,12,16H,5-8,10H2,1-2H3;1H/t12-;/m0./s1. The number of hydrogen-bond acceptors (Lipinski definition) is 4. The highest BCUT2D eigenvalue weighted by Gasteiger charge is 2.23. The minimum absolute atomic E-state index is 0. The topological polar surface area (TPSA) is 33.7 Å². The number of hydrogen-bond donors (Lipinski definition) is 1. The molecule has 0 unspecified atom stereocenters. The van der Waals surface area contributed by atoms with Crippen LogP contribution in [0.3, 0.4) is 0 Å². The number of nitrogens with zero attached hydrogens (tertiary/aromatic N) is 1. The minimum atomic E-state index is -0.393.